The number of hydrogen-bond donors (Lipinski definition) is 2. The van der Waals surface area contributed by atoms with Crippen LogP contribution in [0.4, 0.5) is 10.5 Å². The van der Waals surface area contributed by atoms with Gasteiger partial charge in [-0.15, -0.1) is 0 Å². The number of urea groups is 1. The smallest absolute Gasteiger partial charge is 0.322 e. The minimum Gasteiger partial charge on any atom is -0.322 e. The minimum absolute atomic E-state index is 0.0542. The van der Waals surface area contributed by atoms with Crippen LogP contribution in [0.1, 0.15) is 51.0 Å². The molecule has 8 nitrogen and oxygen atoms in total. The Labute approximate surface area is 169 Å². The van der Waals surface area contributed by atoms with E-state index in [2.05, 4.69) is 10.7 Å². The molecule has 1 spiro atoms. The van der Waals surface area contributed by atoms with Crippen LogP contribution in [0, 0.1) is 5.92 Å². The van der Waals surface area contributed by atoms with Gasteiger partial charge in [-0.3, -0.25) is 19.8 Å². The Balaban J connectivity index is 1.45. The van der Waals surface area contributed by atoms with Gasteiger partial charge in [-0.25, -0.2) is 4.79 Å². The summed E-state index contributed by atoms with van der Waals surface area (Å²) in [6.07, 6.45) is 4.80. The van der Waals surface area contributed by atoms with E-state index in [1.54, 1.807) is 4.90 Å². The summed E-state index contributed by atoms with van der Waals surface area (Å²) >= 11 is 0. The molecule has 154 valence electrons. The highest BCUT2D eigenvalue weighted by atomic mass is 16.2. The number of nitrogens with zero attached hydrogens (tertiary/aromatic N) is 2. The molecule has 2 heterocycles. The van der Waals surface area contributed by atoms with Crippen molar-refractivity contribution < 1.29 is 19.2 Å². The number of benzene rings is 1. The van der Waals surface area contributed by atoms with Crippen molar-refractivity contribution in [3.05, 3.63) is 29.8 Å². The van der Waals surface area contributed by atoms with Crippen LogP contribution in [0.3, 0.4) is 0 Å². The van der Waals surface area contributed by atoms with Crippen LogP contribution in [0.2, 0.25) is 0 Å². The van der Waals surface area contributed by atoms with Gasteiger partial charge >= 0.3 is 6.03 Å². The molecule has 1 aromatic rings. The van der Waals surface area contributed by atoms with E-state index < -0.39 is 29.3 Å². The molecule has 1 unspecified atom stereocenters. The fourth-order valence-corrected chi connectivity index (χ4v) is 4.61. The molecule has 29 heavy (non-hydrogen) atoms. The summed E-state index contributed by atoms with van der Waals surface area (Å²) in [6.45, 7) is 2.25. The lowest BCUT2D eigenvalue weighted by Gasteiger charge is -2.30. The number of rotatable bonds is 4. The van der Waals surface area contributed by atoms with Crippen molar-refractivity contribution in [1.82, 2.24) is 15.8 Å². The Morgan fingerprint density at radius 2 is 1.90 bits per heavy atom. The highest BCUT2D eigenvalue weighted by molar-refractivity contribution is 6.08. The molecule has 3 aliphatic rings. The van der Waals surface area contributed by atoms with Gasteiger partial charge in [0.05, 0.1) is 5.92 Å². The molecule has 3 fully saturated rings. The maximum Gasteiger partial charge on any atom is 0.344 e. The van der Waals surface area contributed by atoms with Crippen LogP contribution in [-0.2, 0) is 20.8 Å². The molecule has 2 N–H and O–H groups in total. The summed E-state index contributed by atoms with van der Waals surface area (Å²) in [5, 5.41) is 3.58. The monoisotopic (exact) mass is 398 g/mol. The normalized spacial score (nSPS) is 23.6. The summed E-state index contributed by atoms with van der Waals surface area (Å²) in [5.41, 5.74) is 3.43. The van der Waals surface area contributed by atoms with Gasteiger partial charge < -0.3 is 10.2 Å². The van der Waals surface area contributed by atoms with Gasteiger partial charge in [0.1, 0.15) is 5.54 Å². The fraction of sp³-hybridized carbons (Fsp3) is 0.524. The molecular weight excluding hydrogens is 372 g/mol. The molecule has 1 saturated carbocycles. The van der Waals surface area contributed by atoms with Crippen LogP contribution < -0.4 is 15.6 Å². The standard InChI is InChI=1S/C21H26N4O4/c1-2-14-8-4-5-9-16(14)24-13-15(12-17(24)26)18(27)23-25-19(28)21(22-20(25)29)10-6-3-7-11-21/h4-5,8-9,15H,2-3,6-7,10-13H2,1H3,(H,22,29)(H,23,27). The number of amides is 5. The average molecular weight is 398 g/mol. The highest BCUT2D eigenvalue weighted by Gasteiger charge is 2.52. The number of carbonyl (C=O) groups excluding carboxylic acids is 4. The SMILES string of the molecule is CCc1ccccc1N1CC(C(=O)NN2C(=O)NC3(CCCCC3)C2=O)CC1=O. The van der Waals surface area contributed by atoms with E-state index in [-0.39, 0.29) is 18.9 Å². The van der Waals surface area contributed by atoms with Crippen LogP contribution >= 0.6 is 0 Å². The molecular formula is C21H26N4O4. The topological polar surface area (TPSA) is 98.8 Å². The lowest BCUT2D eigenvalue weighted by molar-refractivity contribution is -0.141. The summed E-state index contributed by atoms with van der Waals surface area (Å²) in [5.74, 6) is -1.62. The summed E-state index contributed by atoms with van der Waals surface area (Å²) in [6, 6.07) is 7.04. The van der Waals surface area contributed by atoms with Crippen molar-refractivity contribution in [2.75, 3.05) is 11.4 Å². The van der Waals surface area contributed by atoms with E-state index in [4.69, 9.17) is 0 Å². The second kappa shape index (κ2) is 7.50. The largest absolute Gasteiger partial charge is 0.344 e. The minimum atomic E-state index is -0.889. The number of imide groups is 1. The maximum atomic E-state index is 12.8. The summed E-state index contributed by atoms with van der Waals surface area (Å²) < 4.78 is 0. The van der Waals surface area contributed by atoms with Crippen molar-refractivity contribution in [3.8, 4) is 0 Å². The molecule has 2 aliphatic heterocycles. The van der Waals surface area contributed by atoms with E-state index in [1.165, 1.54) is 0 Å². The van der Waals surface area contributed by atoms with E-state index in [9.17, 15) is 19.2 Å². The zero-order valence-corrected chi connectivity index (χ0v) is 16.6. The second-order valence-corrected chi connectivity index (χ2v) is 8.08. The van der Waals surface area contributed by atoms with Gasteiger partial charge in [-0.2, -0.15) is 5.01 Å². The quantitative estimate of drug-likeness (QED) is 0.757. The maximum absolute atomic E-state index is 12.8. The highest BCUT2D eigenvalue weighted by Crippen LogP contribution is 2.33. The Morgan fingerprint density at radius 1 is 1.17 bits per heavy atom. The zero-order chi connectivity index (χ0) is 20.6. The molecule has 1 atom stereocenters. The Hall–Kier alpha value is -2.90. The molecule has 4 rings (SSSR count). The van der Waals surface area contributed by atoms with Gasteiger partial charge in [0, 0.05) is 18.7 Å². The van der Waals surface area contributed by atoms with Crippen LogP contribution in [0.15, 0.2) is 24.3 Å². The first-order valence-electron chi connectivity index (χ1n) is 10.3. The predicted molar refractivity (Wildman–Crippen MR) is 106 cm³/mol. The number of carbonyl (C=O) groups is 4. The first-order chi connectivity index (χ1) is 13.9. The molecule has 0 aromatic heterocycles. The third-order valence-electron chi connectivity index (χ3n) is 6.25. The number of aryl methyl sites for hydroxylation is 1. The van der Waals surface area contributed by atoms with E-state index >= 15 is 0 Å². The van der Waals surface area contributed by atoms with Gasteiger partial charge in [0.25, 0.3) is 5.91 Å². The molecule has 1 aliphatic carbocycles. The number of anilines is 1. The van der Waals surface area contributed by atoms with E-state index in [1.807, 2.05) is 31.2 Å². The number of para-hydroxylation sites is 1. The van der Waals surface area contributed by atoms with Crippen molar-refractivity contribution in [2.24, 2.45) is 5.92 Å². The fourth-order valence-electron chi connectivity index (χ4n) is 4.61. The molecule has 2 saturated heterocycles. The Morgan fingerprint density at radius 3 is 2.62 bits per heavy atom. The lowest BCUT2D eigenvalue weighted by Crippen LogP contribution is -2.52. The molecule has 5 amide bonds. The molecule has 8 heteroatoms. The summed E-state index contributed by atoms with van der Waals surface area (Å²) in [7, 11) is 0. The first-order valence-corrected chi connectivity index (χ1v) is 10.3. The Kier molecular flexibility index (Phi) is 5.02. The molecule has 0 bridgehead atoms. The van der Waals surface area contributed by atoms with Gasteiger partial charge in [0.15, 0.2) is 0 Å². The van der Waals surface area contributed by atoms with Crippen molar-refractivity contribution >= 4 is 29.4 Å². The Bertz CT molecular complexity index is 862. The second-order valence-electron chi connectivity index (χ2n) is 8.08. The predicted octanol–water partition coefficient (Wildman–Crippen LogP) is 1.89. The molecule has 1 aromatic carbocycles. The van der Waals surface area contributed by atoms with Gasteiger partial charge in [-0.05, 0) is 30.9 Å². The third kappa shape index (κ3) is 3.36. The number of hydrazine groups is 1. The lowest BCUT2D eigenvalue weighted by atomic mass is 9.82. The van der Waals surface area contributed by atoms with Crippen LogP contribution in [-0.4, -0.2) is 40.8 Å². The van der Waals surface area contributed by atoms with Crippen molar-refractivity contribution in [1.29, 1.82) is 0 Å². The average Bonchev–Trinajstić information content (AvgIpc) is 3.22. The molecule has 0 radical (unpaired) electrons. The van der Waals surface area contributed by atoms with Crippen LogP contribution in [0.5, 0.6) is 0 Å². The van der Waals surface area contributed by atoms with Crippen LogP contribution in [0.25, 0.3) is 0 Å². The zero-order valence-electron chi connectivity index (χ0n) is 16.6. The van der Waals surface area contributed by atoms with Crippen molar-refractivity contribution in [3.63, 3.8) is 0 Å². The number of nitrogens with one attached hydrogen (secondary N) is 2. The number of hydrogen-bond acceptors (Lipinski definition) is 4. The van der Waals surface area contributed by atoms with E-state index in [0.29, 0.717) is 12.8 Å². The van der Waals surface area contributed by atoms with Gasteiger partial charge in [0.2, 0.25) is 11.8 Å². The first kappa shape index (κ1) is 19.4. The van der Waals surface area contributed by atoms with E-state index in [0.717, 1.165) is 41.9 Å². The van der Waals surface area contributed by atoms with Crippen molar-refractivity contribution in [2.45, 2.75) is 57.4 Å². The summed E-state index contributed by atoms with van der Waals surface area (Å²) in [4.78, 5) is 52.1. The third-order valence-corrected chi connectivity index (χ3v) is 6.25. The van der Waals surface area contributed by atoms with Gasteiger partial charge in [-0.1, -0.05) is 44.4 Å².